The summed E-state index contributed by atoms with van der Waals surface area (Å²) in [4.78, 5) is 13.4. The molecule has 1 atom stereocenters. The Morgan fingerprint density at radius 3 is 2.69 bits per heavy atom. The third-order valence-electron chi connectivity index (χ3n) is 2.83. The number of hydrogen-bond donors (Lipinski definition) is 0. The number of nitrogens with zero attached hydrogens (tertiary/aromatic N) is 1. The van der Waals surface area contributed by atoms with Gasteiger partial charge in [-0.3, -0.25) is 4.79 Å². The number of rotatable bonds is 3. The Balaban J connectivity index is 2.83. The summed E-state index contributed by atoms with van der Waals surface area (Å²) in [5, 5.41) is -0.866. The summed E-state index contributed by atoms with van der Waals surface area (Å²) in [6.45, 7) is 2.43. The number of hydrogen-bond acceptors (Lipinski definition) is 3. The van der Waals surface area contributed by atoms with E-state index in [-0.39, 0.29) is 18.2 Å². The molecule has 0 aromatic carbocycles. The molecule has 0 bridgehead atoms. The zero-order valence-electron chi connectivity index (χ0n) is 9.48. The summed E-state index contributed by atoms with van der Waals surface area (Å²) >= 11 is 0. The van der Waals surface area contributed by atoms with Gasteiger partial charge in [0.1, 0.15) is 5.25 Å². The number of carbonyl (C=O) groups is 1. The molecule has 1 saturated heterocycles. The molecule has 1 fully saturated rings. The highest BCUT2D eigenvalue weighted by molar-refractivity contribution is 7.92. The topological polar surface area (TPSA) is 54.5 Å². The highest BCUT2D eigenvalue weighted by Gasteiger charge is 2.36. The first-order chi connectivity index (χ1) is 7.53. The van der Waals surface area contributed by atoms with Crippen LogP contribution in [0.5, 0.6) is 0 Å². The van der Waals surface area contributed by atoms with Crippen molar-refractivity contribution in [1.29, 1.82) is 0 Å². The van der Waals surface area contributed by atoms with E-state index in [1.54, 1.807) is 6.92 Å². The first kappa shape index (κ1) is 13.0. The van der Waals surface area contributed by atoms with Crippen LogP contribution in [-0.2, 0) is 14.6 Å². The van der Waals surface area contributed by atoms with E-state index in [0.717, 1.165) is 6.42 Å². The fourth-order valence-corrected chi connectivity index (χ4v) is 3.76. The van der Waals surface area contributed by atoms with Crippen LogP contribution >= 0.6 is 0 Å². The predicted molar refractivity (Wildman–Crippen MR) is 62.5 cm³/mol. The Kier molecular flexibility index (Phi) is 4.36. The normalized spacial score (nSPS) is 23.4. The van der Waals surface area contributed by atoms with Gasteiger partial charge in [0.15, 0.2) is 9.84 Å². The van der Waals surface area contributed by atoms with Gasteiger partial charge in [0.05, 0.1) is 12.3 Å². The van der Waals surface area contributed by atoms with Crippen LogP contribution in [-0.4, -0.2) is 43.3 Å². The molecular weight excluding hydrogens is 226 g/mol. The van der Waals surface area contributed by atoms with Crippen molar-refractivity contribution in [2.75, 3.05) is 18.8 Å². The minimum absolute atomic E-state index is 0.122. The van der Waals surface area contributed by atoms with E-state index < -0.39 is 15.1 Å². The molecular formula is C11H17NO3S. The molecule has 1 unspecified atom stereocenters. The first-order valence-electron chi connectivity index (χ1n) is 5.46. The predicted octanol–water partition coefficient (Wildman–Crippen LogP) is 0.435. The molecule has 16 heavy (non-hydrogen) atoms. The van der Waals surface area contributed by atoms with Gasteiger partial charge in [-0.2, -0.15) is 0 Å². The lowest BCUT2D eigenvalue weighted by atomic mass is 10.1. The summed E-state index contributed by atoms with van der Waals surface area (Å²) in [6.07, 6.45) is 7.03. The van der Waals surface area contributed by atoms with Crippen LogP contribution in [0.1, 0.15) is 26.2 Å². The maximum atomic E-state index is 12.0. The Morgan fingerprint density at radius 2 is 2.19 bits per heavy atom. The van der Waals surface area contributed by atoms with E-state index in [2.05, 4.69) is 5.92 Å². The van der Waals surface area contributed by atoms with Crippen LogP contribution < -0.4 is 0 Å². The number of sulfone groups is 1. The van der Waals surface area contributed by atoms with Crippen LogP contribution in [0.25, 0.3) is 0 Å². The molecule has 0 aromatic rings. The minimum Gasteiger partial charge on any atom is -0.331 e. The zero-order valence-corrected chi connectivity index (χ0v) is 10.3. The Morgan fingerprint density at radius 1 is 1.50 bits per heavy atom. The molecule has 1 aliphatic heterocycles. The number of amides is 1. The summed E-state index contributed by atoms with van der Waals surface area (Å²) in [5.41, 5.74) is 0. The maximum Gasteiger partial charge on any atom is 0.241 e. The second kappa shape index (κ2) is 5.35. The van der Waals surface area contributed by atoms with E-state index in [4.69, 9.17) is 6.42 Å². The lowest BCUT2D eigenvalue weighted by Gasteiger charge is -2.27. The van der Waals surface area contributed by atoms with Crippen molar-refractivity contribution in [3.8, 4) is 12.3 Å². The van der Waals surface area contributed by atoms with Gasteiger partial charge in [-0.15, -0.1) is 6.42 Å². The fourth-order valence-electron chi connectivity index (χ4n) is 1.89. The van der Waals surface area contributed by atoms with Gasteiger partial charge in [0.2, 0.25) is 5.91 Å². The third-order valence-corrected chi connectivity index (χ3v) is 4.99. The van der Waals surface area contributed by atoms with Gasteiger partial charge < -0.3 is 4.90 Å². The fraction of sp³-hybridized carbons (Fsp3) is 0.727. The average molecular weight is 243 g/mol. The smallest absolute Gasteiger partial charge is 0.241 e. The van der Waals surface area contributed by atoms with Crippen molar-refractivity contribution in [1.82, 2.24) is 4.90 Å². The molecule has 0 aromatic heterocycles. The van der Waals surface area contributed by atoms with Crippen LogP contribution in [0, 0.1) is 12.3 Å². The van der Waals surface area contributed by atoms with Gasteiger partial charge >= 0.3 is 0 Å². The highest BCUT2D eigenvalue weighted by Crippen LogP contribution is 2.21. The molecule has 0 saturated carbocycles. The summed E-state index contributed by atoms with van der Waals surface area (Å²) in [6, 6.07) is 0. The van der Waals surface area contributed by atoms with Gasteiger partial charge in [0, 0.05) is 6.54 Å². The van der Waals surface area contributed by atoms with Crippen molar-refractivity contribution < 1.29 is 13.2 Å². The van der Waals surface area contributed by atoms with E-state index >= 15 is 0 Å². The monoisotopic (exact) mass is 243 g/mol. The second-order valence-corrected chi connectivity index (χ2v) is 6.21. The van der Waals surface area contributed by atoms with Gasteiger partial charge in [-0.05, 0) is 19.8 Å². The number of terminal acetylenes is 1. The maximum absolute atomic E-state index is 12.0. The molecule has 1 aliphatic rings. The lowest BCUT2D eigenvalue weighted by Crippen LogP contribution is -2.45. The summed E-state index contributed by atoms with van der Waals surface area (Å²) < 4.78 is 23.5. The Labute approximate surface area is 96.9 Å². The zero-order chi connectivity index (χ0) is 12.2. The van der Waals surface area contributed by atoms with Crippen LogP contribution in [0.4, 0.5) is 0 Å². The quantitative estimate of drug-likeness (QED) is 0.676. The molecule has 4 nitrogen and oxygen atoms in total. The largest absolute Gasteiger partial charge is 0.331 e. The van der Waals surface area contributed by atoms with Crippen molar-refractivity contribution in [3.63, 3.8) is 0 Å². The van der Waals surface area contributed by atoms with Gasteiger partial charge in [0.25, 0.3) is 0 Å². The van der Waals surface area contributed by atoms with E-state index in [1.165, 1.54) is 4.90 Å². The van der Waals surface area contributed by atoms with E-state index in [9.17, 15) is 13.2 Å². The second-order valence-electron chi connectivity index (χ2n) is 3.91. The van der Waals surface area contributed by atoms with Crippen molar-refractivity contribution >= 4 is 15.7 Å². The molecule has 0 spiro atoms. The van der Waals surface area contributed by atoms with E-state index in [0.29, 0.717) is 19.4 Å². The van der Waals surface area contributed by atoms with Crippen molar-refractivity contribution in [2.24, 2.45) is 0 Å². The summed E-state index contributed by atoms with van der Waals surface area (Å²) in [5.74, 6) is 2.17. The first-order valence-corrected chi connectivity index (χ1v) is 7.18. The molecule has 0 N–H and O–H groups in total. The highest BCUT2D eigenvalue weighted by atomic mass is 32.2. The van der Waals surface area contributed by atoms with E-state index in [1.807, 2.05) is 0 Å². The van der Waals surface area contributed by atoms with Gasteiger partial charge in [-0.1, -0.05) is 12.3 Å². The number of carbonyl (C=O) groups excluding carboxylic acids is 1. The van der Waals surface area contributed by atoms with Crippen LogP contribution in [0.3, 0.4) is 0 Å². The molecule has 0 aliphatic carbocycles. The SMILES string of the molecule is C#CCN(CC)C(=O)C1CCCCS1(=O)=O. The molecule has 1 rings (SSSR count). The standard InChI is InChI=1S/C11H17NO3S/c1-3-8-12(4-2)11(13)10-7-5-6-9-16(10,14)15/h1,10H,4-9H2,2H3. The Bertz CT molecular complexity index is 394. The van der Waals surface area contributed by atoms with Gasteiger partial charge in [-0.25, -0.2) is 8.42 Å². The molecule has 1 amide bonds. The molecule has 5 heteroatoms. The van der Waals surface area contributed by atoms with Crippen molar-refractivity contribution in [2.45, 2.75) is 31.4 Å². The lowest BCUT2D eigenvalue weighted by molar-refractivity contribution is -0.130. The van der Waals surface area contributed by atoms with Crippen molar-refractivity contribution in [3.05, 3.63) is 0 Å². The Hall–Kier alpha value is -1.02. The average Bonchev–Trinajstić information content (AvgIpc) is 2.24. The van der Waals surface area contributed by atoms with Crippen LogP contribution in [0.2, 0.25) is 0 Å². The van der Waals surface area contributed by atoms with Crippen LogP contribution in [0.15, 0.2) is 0 Å². The minimum atomic E-state index is -3.26. The molecule has 1 heterocycles. The third kappa shape index (κ3) is 2.76. The molecule has 90 valence electrons. The molecule has 0 radical (unpaired) electrons. The summed E-state index contributed by atoms with van der Waals surface area (Å²) in [7, 11) is -3.26.